The summed E-state index contributed by atoms with van der Waals surface area (Å²) in [6, 6.07) is 6.89. The quantitative estimate of drug-likeness (QED) is 0.833. The van der Waals surface area contributed by atoms with Crippen LogP contribution >= 0.6 is 12.4 Å². The number of likely N-dealkylation sites (N-methyl/N-ethyl adjacent to an activating group) is 1. The zero-order valence-electron chi connectivity index (χ0n) is 13.0. The minimum Gasteiger partial charge on any atom is -0.355 e. The lowest BCUT2D eigenvalue weighted by Crippen LogP contribution is -2.48. The Morgan fingerprint density at radius 3 is 2.77 bits per heavy atom. The molecule has 1 aliphatic heterocycles. The van der Waals surface area contributed by atoms with E-state index >= 15 is 0 Å². The lowest BCUT2D eigenvalue weighted by molar-refractivity contribution is -0.122. The molecule has 6 heteroatoms. The van der Waals surface area contributed by atoms with Crippen LogP contribution in [0, 0.1) is 5.82 Å². The average molecular weight is 330 g/mol. The van der Waals surface area contributed by atoms with E-state index in [2.05, 4.69) is 15.5 Å². The molecule has 0 radical (unpaired) electrons. The molecule has 0 aromatic heterocycles. The number of nitrogens with zero attached hydrogens (tertiary/aromatic N) is 1. The minimum atomic E-state index is -0.230. The first-order valence-corrected chi connectivity index (χ1v) is 7.58. The second-order valence-electron chi connectivity index (χ2n) is 5.59. The van der Waals surface area contributed by atoms with Crippen LogP contribution in [0.5, 0.6) is 0 Å². The minimum absolute atomic E-state index is 0. The fourth-order valence-electron chi connectivity index (χ4n) is 2.69. The number of halogens is 2. The van der Waals surface area contributed by atoms with Crippen LogP contribution in [-0.2, 0) is 11.2 Å². The summed E-state index contributed by atoms with van der Waals surface area (Å²) in [4.78, 5) is 14.1. The number of rotatable bonds is 6. The monoisotopic (exact) mass is 329 g/mol. The van der Waals surface area contributed by atoms with Gasteiger partial charge in [-0.25, -0.2) is 4.39 Å². The van der Waals surface area contributed by atoms with Crippen LogP contribution in [0.3, 0.4) is 0 Å². The van der Waals surface area contributed by atoms with Crippen LogP contribution < -0.4 is 10.6 Å². The van der Waals surface area contributed by atoms with Gasteiger partial charge in [0.25, 0.3) is 0 Å². The summed E-state index contributed by atoms with van der Waals surface area (Å²) in [5.41, 5.74) is 1.03. The summed E-state index contributed by atoms with van der Waals surface area (Å²) >= 11 is 0. The SMILES string of the molecule is CNC1CCCN(CC(=O)NCCc2ccc(F)cc2)C1.Cl. The Balaban J connectivity index is 0.00000242. The summed E-state index contributed by atoms with van der Waals surface area (Å²) in [5, 5.41) is 6.20. The lowest BCUT2D eigenvalue weighted by atomic mass is 10.1. The fraction of sp³-hybridized carbons (Fsp3) is 0.562. The zero-order valence-corrected chi connectivity index (χ0v) is 13.8. The van der Waals surface area contributed by atoms with Crippen LogP contribution in [0.15, 0.2) is 24.3 Å². The van der Waals surface area contributed by atoms with Gasteiger partial charge < -0.3 is 10.6 Å². The Morgan fingerprint density at radius 1 is 1.36 bits per heavy atom. The number of benzene rings is 1. The number of hydrogen-bond donors (Lipinski definition) is 2. The highest BCUT2D eigenvalue weighted by Gasteiger charge is 2.19. The van der Waals surface area contributed by atoms with Gasteiger partial charge >= 0.3 is 0 Å². The molecule has 1 aliphatic rings. The van der Waals surface area contributed by atoms with E-state index in [4.69, 9.17) is 0 Å². The summed E-state index contributed by atoms with van der Waals surface area (Å²) in [7, 11) is 1.97. The second-order valence-corrected chi connectivity index (χ2v) is 5.59. The van der Waals surface area contributed by atoms with E-state index in [0.717, 1.165) is 31.5 Å². The van der Waals surface area contributed by atoms with Gasteiger partial charge in [-0.3, -0.25) is 9.69 Å². The maximum atomic E-state index is 12.8. The highest BCUT2D eigenvalue weighted by molar-refractivity contribution is 5.85. The number of likely N-dealkylation sites (tertiary alicyclic amines) is 1. The largest absolute Gasteiger partial charge is 0.355 e. The van der Waals surface area contributed by atoms with E-state index in [-0.39, 0.29) is 24.1 Å². The summed E-state index contributed by atoms with van der Waals surface area (Å²) in [6.07, 6.45) is 3.04. The van der Waals surface area contributed by atoms with Gasteiger partial charge in [0.1, 0.15) is 5.82 Å². The van der Waals surface area contributed by atoms with Gasteiger partial charge in [-0.05, 0) is 50.6 Å². The van der Waals surface area contributed by atoms with Crippen LogP contribution in [0.4, 0.5) is 4.39 Å². The van der Waals surface area contributed by atoms with E-state index < -0.39 is 0 Å². The topological polar surface area (TPSA) is 44.4 Å². The number of nitrogens with one attached hydrogen (secondary N) is 2. The second kappa shape index (κ2) is 9.77. The van der Waals surface area contributed by atoms with Crippen molar-refractivity contribution in [1.82, 2.24) is 15.5 Å². The molecule has 1 saturated heterocycles. The molecule has 1 aromatic carbocycles. The molecule has 1 amide bonds. The molecule has 124 valence electrons. The molecular formula is C16H25ClFN3O. The number of amides is 1. The zero-order chi connectivity index (χ0) is 15.1. The first kappa shape index (κ1) is 18.9. The Labute approximate surface area is 137 Å². The van der Waals surface area contributed by atoms with Crippen LogP contribution in [0.1, 0.15) is 18.4 Å². The predicted molar refractivity (Wildman–Crippen MR) is 88.9 cm³/mol. The van der Waals surface area contributed by atoms with Crippen molar-refractivity contribution in [2.75, 3.05) is 33.2 Å². The molecule has 1 atom stereocenters. The summed E-state index contributed by atoms with van der Waals surface area (Å²) in [6.45, 7) is 2.97. The molecule has 1 heterocycles. The molecule has 4 nitrogen and oxygen atoms in total. The van der Waals surface area contributed by atoms with Crippen LogP contribution in [-0.4, -0.2) is 50.1 Å². The van der Waals surface area contributed by atoms with E-state index in [1.165, 1.54) is 18.6 Å². The lowest BCUT2D eigenvalue weighted by Gasteiger charge is -2.31. The number of carbonyl (C=O) groups is 1. The molecule has 0 bridgehead atoms. The molecule has 1 unspecified atom stereocenters. The summed E-state index contributed by atoms with van der Waals surface area (Å²) < 4.78 is 12.8. The smallest absolute Gasteiger partial charge is 0.234 e. The number of carbonyl (C=O) groups excluding carboxylic acids is 1. The summed E-state index contributed by atoms with van der Waals surface area (Å²) in [5.74, 6) is -0.166. The van der Waals surface area contributed by atoms with E-state index in [0.29, 0.717) is 19.1 Å². The maximum Gasteiger partial charge on any atom is 0.234 e. The van der Waals surface area contributed by atoms with Crippen molar-refractivity contribution in [3.05, 3.63) is 35.6 Å². The molecule has 0 saturated carbocycles. The van der Waals surface area contributed by atoms with Gasteiger partial charge in [-0.1, -0.05) is 12.1 Å². The molecule has 0 spiro atoms. The Hall–Kier alpha value is -1.17. The van der Waals surface area contributed by atoms with Gasteiger partial charge in [0, 0.05) is 19.1 Å². The molecule has 1 fully saturated rings. The first-order valence-electron chi connectivity index (χ1n) is 7.58. The van der Waals surface area contributed by atoms with Crippen molar-refractivity contribution in [2.45, 2.75) is 25.3 Å². The normalized spacial score (nSPS) is 18.5. The van der Waals surface area contributed by atoms with Crippen molar-refractivity contribution < 1.29 is 9.18 Å². The van der Waals surface area contributed by atoms with Crippen molar-refractivity contribution in [3.8, 4) is 0 Å². The van der Waals surface area contributed by atoms with E-state index in [1.807, 2.05) is 7.05 Å². The number of hydrogen-bond acceptors (Lipinski definition) is 3. The van der Waals surface area contributed by atoms with E-state index in [1.54, 1.807) is 12.1 Å². The van der Waals surface area contributed by atoms with Gasteiger partial charge in [-0.15, -0.1) is 12.4 Å². The molecule has 2 N–H and O–H groups in total. The van der Waals surface area contributed by atoms with E-state index in [9.17, 15) is 9.18 Å². The Morgan fingerprint density at radius 2 is 2.09 bits per heavy atom. The van der Waals surface area contributed by atoms with Crippen molar-refractivity contribution in [1.29, 1.82) is 0 Å². The first-order chi connectivity index (χ1) is 10.2. The van der Waals surface area contributed by atoms with Crippen molar-refractivity contribution >= 4 is 18.3 Å². The van der Waals surface area contributed by atoms with Gasteiger partial charge in [0.05, 0.1) is 6.54 Å². The predicted octanol–water partition coefficient (Wildman–Crippen LogP) is 1.59. The molecular weight excluding hydrogens is 305 g/mol. The molecule has 2 rings (SSSR count). The molecule has 22 heavy (non-hydrogen) atoms. The fourth-order valence-corrected chi connectivity index (χ4v) is 2.69. The third kappa shape index (κ3) is 6.30. The highest BCUT2D eigenvalue weighted by atomic mass is 35.5. The molecule has 0 aliphatic carbocycles. The third-order valence-corrected chi connectivity index (χ3v) is 3.93. The molecule has 1 aromatic rings. The number of piperidine rings is 1. The van der Waals surface area contributed by atoms with Gasteiger partial charge in [0.2, 0.25) is 5.91 Å². The van der Waals surface area contributed by atoms with Crippen LogP contribution in [0.2, 0.25) is 0 Å². The third-order valence-electron chi connectivity index (χ3n) is 3.93. The van der Waals surface area contributed by atoms with Gasteiger partial charge in [-0.2, -0.15) is 0 Å². The maximum absolute atomic E-state index is 12.8. The van der Waals surface area contributed by atoms with Gasteiger partial charge in [0.15, 0.2) is 0 Å². The van der Waals surface area contributed by atoms with Crippen molar-refractivity contribution in [2.24, 2.45) is 0 Å². The van der Waals surface area contributed by atoms with Crippen LogP contribution in [0.25, 0.3) is 0 Å². The Kier molecular flexibility index (Phi) is 8.38. The standard InChI is InChI=1S/C16H24FN3O.ClH/c1-18-15-3-2-10-20(11-15)12-16(21)19-9-8-13-4-6-14(17)7-5-13;/h4-7,15,18H,2-3,8-12H2,1H3,(H,19,21);1H. The Bertz CT molecular complexity index is 455. The van der Waals surface area contributed by atoms with Crippen molar-refractivity contribution in [3.63, 3.8) is 0 Å². The average Bonchev–Trinajstić information content (AvgIpc) is 2.49. The highest BCUT2D eigenvalue weighted by Crippen LogP contribution is 2.09.